The third-order valence-corrected chi connectivity index (χ3v) is 8.79. The summed E-state index contributed by atoms with van der Waals surface area (Å²) in [6.07, 6.45) is 40.0. The van der Waals surface area contributed by atoms with E-state index in [-0.39, 0.29) is 0 Å². The minimum atomic E-state index is 0.999. The fourth-order valence-electron chi connectivity index (χ4n) is 6.16. The lowest BCUT2D eigenvalue weighted by atomic mass is 10.0. The standard InChI is InChI=1S/C38H67N2/c1-3-5-7-9-11-12-13-14-15-16-17-18-19-20-22-24-29-33-39-34-35-40(36-37-30-26-25-27-31-37)38(39)32-28-23-21-10-8-6-4-2/h25-27,30-31,34-35H,3-24,28-29,32-33,36H2,1-2H3/q+1. The molecule has 0 amide bonds. The van der Waals surface area contributed by atoms with Crippen LogP contribution < -0.4 is 4.57 Å². The molecule has 228 valence electrons. The highest BCUT2D eigenvalue weighted by molar-refractivity contribution is 5.13. The van der Waals surface area contributed by atoms with Crippen LogP contribution in [-0.4, -0.2) is 4.57 Å². The van der Waals surface area contributed by atoms with Crippen LogP contribution in [0.5, 0.6) is 0 Å². The molecule has 0 spiro atoms. The van der Waals surface area contributed by atoms with Crippen molar-refractivity contribution in [1.82, 2.24) is 4.57 Å². The molecule has 1 aromatic carbocycles. The second-order valence-electron chi connectivity index (χ2n) is 12.5. The summed E-state index contributed by atoms with van der Waals surface area (Å²) in [5.41, 5.74) is 1.41. The van der Waals surface area contributed by atoms with Crippen molar-refractivity contribution in [3.05, 3.63) is 54.1 Å². The Morgan fingerprint density at radius 2 is 0.925 bits per heavy atom. The number of imidazole rings is 1. The molecule has 2 nitrogen and oxygen atoms in total. The Morgan fingerprint density at radius 1 is 0.500 bits per heavy atom. The van der Waals surface area contributed by atoms with Crippen molar-refractivity contribution in [2.75, 3.05) is 0 Å². The molecular formula is C38H67N2+. The maximum Gasteiger partial charge on any atom is 0.256 e. The van der Waals surface area contributed by atoms with Crippen molar-refractivity contribution in [1.29, 1.82) is 0 Å². The highest BCUT2D eigenvalue weighted by Crippen LogP contribution is 2.15. The number of rotatable bonds is 28. The van der Waals surface area contributed by atoms with Crippen LogP contribution in [-0.2, 0) is 19.5 Å². The van der Waals surface area contributed by atoms with Gasteiger partial charge in [-0.2, -0.15) is 0 Å². The van der Waals surface area contributed by atoms with Gasteiger partial charge in [0.2, 0.25) is 0 Å². The molecular weight excluding hydrogens is 484 g/mol. The molecule has 0 atom stereocenters. The van der Waals surface area contributed by atoms with Crippen LogP contribution in [0.15, 0.2) is 42.7 Å². The van der Waals surface area contributed by atoms with E-state index in [1.165, 1.54) is 178 Å². The summed E-state index contributed by atoms with van der Waals surface area (Å²) in [6, 6.07) is 11.0. The second-order valence-corrected chi connectivity index (χ2v) is 12.5. The van der Waals surface area contributed by atoms with Crippen molar-refractivity contribution in [2.24, 2.45) is 0 Å². The Kier molecular flexibility index (Phi) is 21.8. The molecule has 2 aromatic rings. The maximum absolute atomic E-state index is 2.57. The van der Waals surface area contributed by atoms with Crippen LogP contribution in [0.1, 0.15) is 179 Å². The Bertz CT molecular complexity index is 793. The quantitative estimate of drug-likeness (QED) is 0.0734. The van der Waals surface area contributed by atoms with Crippen LogP contribution in [0, 0.1) is 0 Å². The number of hydrogen-bond acceptors (Lipinski definition) is 0. The molecule has 0 radical (unpaired) electrons. The number of unbranched alkanes of at least 4 members (excludes halogenated alkanes) is 22. The molecule has 1 heterocycles. The number of aryl methyl sites for hydroxylation is 1. The van der Waals surface area contributed by atoms with Gasteiger partial charge in [-0.1, -0.05) is 179 Å². The second kappa shape index (κ2) is 25.2. The van der Waals surface area contributed by atoms with Gasteiger partial charge in [0.05, 0.1) is 6.54 Å². The Labute approximate surface area is 250 Å². The van der Waals surface area contributed by atoms with Gasteiger partial charge in [-0.05, 0) is 24.8 Å². The van der Waals surface area contributed by atoms with Crippen LogP contribution >= 0.6 is 0 Å². The lowest BCUT2D eigenvalue weighted by Crippen LogP contribution is -2.37. The molecule has 0 saturated heterocycles. The summed E-state index contributed by atoms with van der Waals surface area (Å²) in [5.74, 6) is 1.54. The van der Waals surface area contributed by atoms with Gasteiger partial charge in [-0.25, -0.2) is 9.13 Å². The molecule has 1 aromatic heterocycles. The Hall–Kier alpha value is -1.57. The molecule has 0 fully saturated rings. The predicted octanol–water partition coefficient (Wildman–Crippen LogP) is 11.8. The van der Waals surface area contributed by atoms with E-state index in [4.69, 9.17) is 0 Å². The summed E-state index contributed by atoms with van der Waals surface area (Å²) in [7, 11) is 0. The first-order valence-electron chi connectivity index (χ1n) is 18.0. The molecule has 0 unspecified atom stereocenters. The van der Waals surface area contributed by atoms with Gasteiger partial charge in [-0.15, -0.1) is 0 Å². The fourth-order valence-corrected chi connectivity index (χ4v) is 6.16. The van der Waals surface area contributed by atoms with E-state index in [0.717, 1.165) is 6.54 Å². The third-order valence-electron chi connectivity index (χ3n) is 8.79. The third kappa shape index (κ3) is 17.3. The summed E-state index contributed by atoms with van der Waals surface area (Å²) >= 11 is 0. The Balaban J connectivity index is 1.56. The minimum Gasteiger partial charge on any atom is -0.234 e. The van der Waals surface area contributed by atoms with Crippen LogP contribution in [0.25, 0.3) is 0 Å². The number of benzene rings is 1. The van der Waals surface area contributed by atoms with Gasteiger partial charge in [-0.3, -0.25) is 0 Å². The maximum atomic E-state index is 2.57. The highest BCUT2D eigenvalue weighted by Gasteiger charge is 2.17. The zero-order valence-corrected chi connectivity index (χ0v) is 27.0. The van der Waals surface area contributed by atoms with Gasteiger partial charge in [0.1, 0.15) is 18.9 Å². The molecule has 0 N–H and O–H groups in total. The van der Waals surface area contributed by atoms with Crippen molar-refractivity contribution in [3.63, 3.8) is 0 Å². The molecule has 0 saturated carbocycles. The van der Waals surface area contributed by atoms with E-state index in [1.54, 1.807) is 0 Å². The van der Waals surface area contributed by atoms with E-state index in [9.17, 15) is 0 Å². The average Bonchev–Trinajstić information content (AvgIpc) is 3.35. The number of aromatic nitrogens is 2. The summed E-state index contributed by atoms with van der Waals surface area (Å²) in [5, 5.41) is 0. The lowest BCUT2D eigenvalue weighted by Gasteiger charge is -2.07. The molecule has 40 heavy (non-hydrogen) atoms. The monoisotopic (exact) mass is 552 g/mol. The molecule has 2 rings (SSSR count). The lowest BCUT2D eigenvalue weighted by molar-refractivity contribution is -0.695. The van der Waals surface area contributed by atoms with Gasteiger partial charge in [0, 0.05) is 6.42 Å². The first-order valence-corrected chi connectivity index (χ1v) is 18.0. The average molecular weight is 552 g/mol. The SMILES string of the molecule is CCCCCCCCCCCCCCCCCCCn1cc[n+](Cc2ccccc2)c1CCCCCCCCC. The first-order chi connectivity index (χ1) is 19.8. The van der Waals surface area contributed by atoms with Crippen molar-refractivity contribution in [2.45, 2.75) is 187 Å². The fraction of sp³-hybridized carbons (Fsp3) is 0.763. The minimum absolute atomic E-state index is 0.999. The van der Waals surface area contributed by atoms with E-state index in [2.05, 4.69) is 65.7 Å². The smallest absolute Gasteiger partial charge is 0.234 e. The van der Waals surface area contributed by atoms with E-state index in [1.807, 2.05) is 0 Å². The highest BCUT2D eigenvalue weighted by atomic mass is 15.1. The zero-order chi connectivity index (χ0) is 28.4. The summed E-state index contributed by atoms with van der Waals surface area (Å²) < 4.78 is 5.09. The van der Waals surface area contributed by atoms with Crippen molar-refractivity contribution < 1.29 is 4.57 Å². The molecule has 2 heteroatoms. The van der Waals surface area contributed by atoms with Gasteiger partial charge in [0.15, 0.2) is 0 Å². The van der Waals surface area contributed by atoms with E-state index in [0.29, 0.717) is 0 Å². The van der Waals surface area contributed by atoms with Crippen LogP contribution in [0.4, 0.5) is 0 Å². The van der Waals surface area contributed by atoms with Crippen molar-refractivity contribution >= 4 is 0 Å². The zero-order valence-electron chi connectivity index (χ0n) is 27.0. The number of nitrogens with zero attached hydrogens (tertiary/aromatic N) is 2. The largest absolute Gasteiger partial charge is 0.256 e. The summed E-state index contributed by atoms with van der Waals surface area (Å²) in [4.78, 5) is 0. The van der Waals surface area contributed by atoms with Crippen LogP contribution in [0.2, 0.25) is 0 Å². The topological polar surface area (TPSA) is 8.81 Å². The molecule has 0 aliphatic heterocycles. The van der Waals surface area contributed by atoms with Crippen LogP contribution in [0.3, 0.4) is 0 Å². The summed E-state index contributed by atoms with van der Waals surface area (Å²) in [6.45, 7) is 6.80. The van der Waals surface area contributed by atoms with Gasteiger partial charge < -0.3 is 0 Å². The van der Waals surface area contributed by atoms with E-state index >= 15 is 0 Å². The number of hydrogen-bond donors (Lipinski definition) is 0. The predicted molar refractivity (Wildman–Crippen MR) is 176 cm³/mol. The van der Waals surface area contributed by atoms with Crippen molar-refractivity contribution in [3.8, 4) is 0 Å². The van der Waals surface area contributed by atoms with Gasteiger partial charge >= 0.3 is 0 Å². The first kappa shape index (κ1) is 34.6. The normalized spacial score (nSPS) is 11.4. The van der Waals surface area contributed by atoms with E-state index < -0.39 is 0 Å². The Morgan fingerprint density at radius 3 is 1.40 bits per heavy atom. The molecule has 0 bridgehead atoms. The molecule has 0 aliphatic rings. The molecule has 0 aliphatic carbocycles. The van der Waals surface area contributed by atoms with Gasteiger partial charge in [0.25, 0.3) is 5.82 Å².